The van der Waals surface area contributed by atoms with Crippen molar-refractivity contribution in [3.63, 3.8) is 0 Å². The van der Waals surface area contributed by atoms with Crippen molar-refractivity contribution in [1.29, 1.82) is 0 Å². The SMILES string of the molecule is CN=C(NCCCOCC1CC1)NCCc1c(C)[nH]c2ccccc12.I. The lowest BCUT2D eigenvalue weighted by atomic mass is 10.1. The number of H-pyrrole nitrogens is 1. The molecule has 0 aliphatic heterocycles. The Kier molecular flexibility index (Phi) is 8.71. The van der Waals surface area contributed by atoms with E-state index in [9.17, 15) is 0 Å². The lowest BCUT2D eigenvalue weighted by Gasteiger charge is -2.12. The maximum absolute atomic E-state index is 5.65. The molecule has 1 aliphatic carbocycles. The number of ether oxygens (including phenoxy) is 1. The molecular formula is C20H31IN4O. The summed E-state index contributed by atoms with van der Waals surface area (Å²) in [6, 6.07) is 8.48. The van der Waals surface area contributed by atoms with Gasteiger partial charge in [-0.25, -0.2) is 0 Å². The summed E-state index contributed by atoms with van der Waals surface area (Å²) in [6.45, 7) is 5.66. The number of guanidine groups is 1. The van der Waals surface area contributed by atoms with Gasteiger partial charge in [0.25, 0.3) is 0 Å². The van der Waals surface area contributed by atoms with Crippen molar-refractivity contribution in [2.24, 2.45) is 10.9 Å². The molecule has 0 amide bonds. The maximum Gasteiger partial charge on any atom is 0.190 e. The second-order valence-corrected chi connectivity index (χ2v) is 6.82. The number of rotatable bonds is 9. The van der Waals surface area contributed by atoms with Crippen molar-refractivity contribution >= 4 is 40.8 Å². The van der Waals surface area contributed by atoms with Crippen LogP contribution in [-0.4, -0.2) is 44.3 Å². The summed E-state index contributed by atoms with van der Waals surface area (Å²) >= 11 is 0. The van der Waals surface area contributed by atoms with Crippen LogP contribution >= 0.6 is 24.0 Å². The summed E-state index contributed by atoms with van der Waals surface area (Å²) in [6.07, 6.45) is 4.69. The van der Waals surface area contributed by atoms with E-state index in [4.69, 9.17) is 4.74 Å². The highest BCUT2D eigenvalue weighted by Crippen LogP contribution is 2.28. The predicted molar refractivity (Wildman–Crippen MR) is 120 cm³/mol. The molecule has 5 nitrogen and oxygen atoms in total. The van der Waals surface area contributed by atoms with Gasteiger partial charge in [0.05, 0.1) is 0 Å². The molecule has 0 unspecified atom stereocenters. The van der Waals surface area contributed by atoms with E-state index in [2.05, 4.69) is 51.8 Å². The minimum atomic E-state index is 0. The third kappa shape index (κ3) is 6.16. The molecule has 0 saturated heterocycles. The molecule has 1 aromatic carbocycles. The van der Waals surface area contributed by atoms with Crippen LogP contribution in [0.4, 0.5) is 0 Å². The van der Waals surface area contributed by atoms with Crippen LogP contribution < -0.4 is 10.6 Å². The molecule has 1 heterocycles. The molecule has 1 aromatic heterocycles. The zero-order valence-electron chi connectivity index (χ0n) is 15.8. The summed E-state index contributed by atoms with van der Waals surface area (Å²) in [5.74, 6) is 1.70. The molecule has 144 valence electrons. The van der Waals surface area contributed by atoms with Gasteiger partial charge in [-0.1, -0.05) is 18.2 Å². The molecule has 0 radical (unpaired) electrons. The predicted octanol–water partition coefficient (Wildman–Crippen LogP) is 3.62. The second kappa shape index (κ2) is 10.8. The first-order chi connectivity index (χ1) is 12.3. The fourth-order valence-corrected chi connectivity index (χ4v) is 3.10. The smallest absolute Gasteiger partial charge is 0.190 e. The zero-order valence-corrected chi connectivity index (χ0v) is 18.1. The van der Waals surface area contributed by atoms with E-state index >= 15 is 0 Å². The van der Waals surface area contributed by atoms with Crippen LogP contribution in [0.1, 0.15) is 30.5 Å². The highest BCUT2D eigenvalue weighted by molar-refractivity contribution is 14.0. The minimum absolute atomic E-state index is 0. The number of halogens is 1. The van der Waals surface area contributed by atoms with E-state index in [0.29, 0.717) is 0 Å². The number of benzene rings is 1. The Bertz CT molecular complexity index is 709. The van der Waals surface area contributed by atoms with E-state index in [0.717, 1.165) is 51.0 Å². The summed E-state index contributed by atoms with van der Waals surface area (Å²) in [5.41, 5.74) is 3.84. The van der Waals surface area contributed by atoms with Gasteiger partial charge < -0.3 is 20.4 Å². The van der Waals surface area contributed by atoms with E-state index in [-0.39, 0.29) is 24.0 Å². The molecule has 6 heteroatoms. The van der Waals surface area contributed by atoms with Gasteiger partial charge >= 0.3 is 0 Å². The summed E-state index contributed by atoms with van der Waals surface area (Å²) in [4.78, 5) is 7.75. The van der Waals surface area contributed by atoms with E-state index in [1.54, 1.807) is 0 Å². The van der Waals surface area contributed by atoms with Gasteiger partial charge in [0, 0.05) is 49.9 Å². The van der Waals surface area contributed by atoms with Crippen molar-refractivity contribution in [3.05, 3.63) is 35.5 Å². The summed E-state index contributed by atoms with van der Waals surface area (Å²) < 4.78 is 5.65. The Balaban J connectivity index is 0.00000243. The number of nitrogens with one attached hydrogen (secondary N) is 3. The first-order valence-electron chi connectivity index (χ1n) is 9.36. The van der Waals surface area contributed by atoms with Crippen molar-refractivity contribution < 1.29 is 4.74 Å². The highest BCUT2D eigenvalue weighted by atomic mass is 127. The Hall–Kier alpha value is -1.28. The third-order valence-electron chi connectivity index (χ3n) is 4.73. The number of fused-ring (bicyclic) bond motifs is 1. The number of hydrogen-bond donors (Lipinski definition) is 3. The molecular weight excluding hydrogens is 439 g/mol. The zero-order chi connectivity index (χ0) is 17.5. The highest BCUT2D eigenvalue weighted by Gasteiger charge is 2.20. The Labute approximate surface area is 173 Å². The van der Waals surface area contributed by atoms with Crippen LogP contribution in [0.25, 0.3) is 10.9 Å². The largest absolute Gasteiger partial charge is 0.381 e. The number of aromatic nitrogens is 1. The average Bonchev–Trinajstić information content (AvgIpc) is 3.39. The number of aliphatic imine (C=N–C) groups is 1. The van der Waals surface area contributed by atoms with Crippen LogP contribution in [-0.2, 0) is 11.2 Å². The third-order valence-corrected chi connectivity index (χ3v) is 4.73. The Morgan fingerprint density at radius 3 is 2.77 bits per heavy atom. The van der Waals surface area contributed by atoms with Crippen LogP contribution in [0.15, 0.2) is 29.3 Å². The van der Waals surface area contributed by atoms with Crippen molar-refractivity contribution in [3.8, 4) is 0 Å². The summed E-state index contributed by atoms with van der Waals surface area (Å²) in [5, 5.41) is 8.08. The number of aromatic amines is 1. The maximum atomic E-state index is 5.65. The molecule has 0 spiro atoms. The van der Waals surface area contributed by atoms with Crippen LogP contribution in [0.3, 0.4) is 0 Å². The minimum Gasteiger partial charge on any atom is -0.381 e. The van der Waals surface area contributed by atoms with Gasteiger partial charge in [0.1, 0.15) is 0 Å². The monoisotopic (exact) mass is 470 g/mol. The Morgan fingerprint density at radius 1 is 1.23 bits per heavy atom. The molecule has 0 bridgehead atoms. The fourth-order valence-electron chi connectivity index (χ4n) is 3.10. The first-order valence-corrected chi connectivity index (χ1v) is 9.36. The molecule has 0 atom stereocenters. The topological polar surface area (TPSA) is 61.4 Å². The van der Waals surface area contributed by atoms with Gasteiger partial charge in [-0.3, -0.25) is 4.99 Å². The fraction of sp³-hybridized carbons (Fsp3) is 0.550. The number of hydrogen-bond acceptors (Lipinski definition) is 2. The standard InChI is InChI=1S/C20H30N4O.HI/c1-15-17(18-6-3-4-7-19(18)24-15)10-12-23-20(21-2)22-11-5-13-25-14-16-8-9-16;/h3-4,6-7,16,24H,5,8-14H2,1-2H3,(H2,21,22,23);1H. The van der Waals surface area contributed by atoms with Crippen LogP contribution in [0, 0.1) is 12.8 Å². The van der Waals surface area contributed by atoms with Gasteiger partial charge in [-0.05, 0) is 50.2 Å². The van der Waals surface area contributed by atoms with Gasteiger partial charge in [0.2, 0.25) is 0 Å². The second-order valence-electron chi connectivity index (χ2n) is 6.82. The quantitative estimate of drug-likeness (QED) is 0.227. The van der Waals surface area contributed by atoms with Crippen molar-refractivity contribution in [1.82, 2.24) is 15.6 Å². The number of aryl methyl sites for hydroxylation is 1. The van der Waals surface area contributed by atoms with Crippen molar-refractivity contribution in [2.75, 3.05) is 33.4 Å². The number of para-hydroxylation sites is 1. The first kappa shape index (κ1) is 21.0. The van der Waals surface area contributed by atoms with Crippen LogP contribution in [0.5, 0.6) is 0 Å². The Morgan fingerprint density at radius 2 is 2.00 bits per heavy atom. The van der Waals surface area contributed by atoms with E-state index in [1.165, 1.54) is 35.0 Å². The molecule has 26 heavy (non-hydrogen) atoms. The van der Waals surface area contributed by atoms with E-state index in [1.807, 2.05) is 7.05 Å². The van der Waals surface area contributed by atoms with Gasteiger partial charge in [0.15, 0.2) is 5.96 Å². The summed E-state index contributed by atoms with van der Waals surface area (Å²) in [7, 11) is 1.82. The normalized spacial score (nSPS) is 14.3. The lowest BCUT2D eigenvalue weighted by molar-refractivity contribution is 0.123. The molecule has 2 aromatic rings. The molecule has 3 rings (SSSR count). The molecule has 1 saturated carbocycles. The van der Waals surface area contributed by atoms with E-state index < -0.39 is 0 Å². The van der Waals surface area contributed by atoms with Crippen molar-refractivity contribution in [2.45, 2.75) is 32.6 Å². The number of nitrogens with zero attached hydrogens (tertiary/aromatic N) is 1. The van der Waals surface area contributed by atoms with Gasteiger partial charge in [-0.15, -0.1) is 24.0 Å². The van der Waals surface area contributed by atoms with Gasteiger partial charge in [-0.2, -0.15) is 0 Å². The molecule has 1 aliphatic rings. The average molecular weight is 470 g/mol. The van der Waals surface area contributed by atoms with Crippen LogP contribution in [0.2, 0.25) is 0 Å². The lowest BCUT2D eigenvalue weighted by Crippen LogP contribution is -2.39. The molecule has 1 fully saturated rings. The molecule has 3 N–H and O–H groups in total.